The Morgan fingerprint density at radius 2 is 1.14 bits per heavy atom. The summed E-state index contributed by atoms with van der Waals surface area (Å²) in [7, 11) is -10.7. The first-order chi connectivity index (χ1) is 12.8. The van der Waals surface area contributed by atoms with Gasteiger partial charge in [0.25, 0.3) is 0 Å². The average Bonchev–Trinajstić information content (AvgIpc) is 3.17. The van der Waals surface area contributed by atoms with E-state index >= 15 is 0 Å². The molecule has 9 heteroatoms. The first kappa shape index (κ1) is 22.5. The molecule has 28 heavy (non-hydrogen) atoms. The van der Waals surface area contributed by atoms with Gasteiger partial charge >= 0.3 is 78.1 Å². The molecule has 0 saturated carbocycles. The summed E-state index contributed by atoms with van der Waals surface area (Å²) >= 11 is 3.76. The third-order valence-electron chi connectivity index (χ3n) is 3.69. The molecule has 0 amide bonds. The fourth-order valence-electron chi connectivity index (χ4n) is 2.74. The molecule has 0 aliphatic heterocycles. The van der Waals surface area contributed by atoms with Crippen molar-refractivity contribution in [2.75, 3.05) is 0 Å². The molecule has 0 N–H and O–H groups in total. The predicted molar refractivity (Wildman–Crippen MR) is 101 cm³/mol. The first-order valence-electron chi connectivity index (χ1n) is 8.26. The number of nitrogens with zero attached hydrogens (tertiary/aromatic N) is 1. The topological polar surface area (TPSA) is 4.93 Å². The predicted octanol–water partition coefficient (Wildman–Crippen LogP) is 8.64. The van der Waals surface area contributed by atoms with Crippen molar-refractivity contribution in [1.82, 2.24) is 4.57 Å². The Labute approximate surface area is 166 Å². The van der Waals surface area contributed by atoms with Crippen LogP contribution in [0.2, 0.25) is 4.82 Å². The van der Waals surface area contributed by atoms with Crippen LogP contribution in [0.3, 0.4) is 0 Å². The first-order valence-corrected chi connectivity index (χ1v) is 10.9. The van der Waals surface area contributed by atoms with E-state index < -0.39 is 7.81 Å². The molecule has 2 aromatic carbocycles. The van der Waals surface area contributed by atoms with E-state index in [-0.39, 0.29) is 0 Å². The second kappa shape index (κ2) is 7.58. The van der Waals surface area contributed by atoms with Crippen molar-refractivity contribution >= 4 is 29.6 Å². The third kappa shape index (κ3) is 7.70. The van der Waals surface area contributed by atoms with E-state index in [1.165, 1.54) is 21.8 Å². The fraction of sp³-hybridized carbons (Fsp3) is 0.158. The SMILES string of the molecule is CCn1c2ccccc2c2ccccc21.F[P-](F)(F)(F)(F)F.[Fe][CH]1C=CC=C1. The van der Waals surface area contributed by atoms with Gasteiger partial charge in [0.15, 0.2) is 0 Å². The van der Waals surface area contributed by atoms with Gasteiger partial charge in [0.1, 0.15) is 0 Å². The second-order valence-electron chi connectivity index (χ2n) is 5.93. The van der Waals surface area contributed by atoms with Crippen molar-refractivity contribution in [2.45, 2.75) is 18.3 Å². The van der Waals surface area contributed by atoms with Crippen LogP contribution in [0.25, 0.3) is 21.8 Å². The molecule has 1 nitrogen and oxygen atoms in total. The number of aromatic nitrogens is 1. The molecule has 0 spiro atoms. The normalized spacial score (nSPS) is 16.1. The van der Waals surface area contributed by atoms with Crippen LogP contribution < -0.4 is 0 Å². The van der Waals surface area contributed by atoms with E-state index in [0.29, 0.717) is 4.82 Å². The van der Waals surface area contributed by atoms with Gasteiger partial charge in [-0.1, -0.05) is 36.4 Å². The van der Waals surface area contributed by atoms with Gasteiger partial charge < -0.3 is 4.57 Å². The maximum absolute atomic E-state index is 10.7. The summed E-state index contributed by atoms with van der Waals surface area (Å²) in [6.07, 6.45) is 8.13. The molecule has 0 fully saturated rings. The van der Waals surface area contributed by atoms with Gasteiger partial charge in [0.05, 0.1) is 0 Å². The van der Waals surface area contributed by atoms with E-state index in [9.17, 15) is 25.2 Å². The third-order valence-corrected chi connectivity index (χ3v) is 4.11. The van der Waals surface area contributed by atoms with Gasteiger partial charge in [0.2, 0.25) is 0 Å². The number of benzene rings is 2. The van der Waals surface area contributed by atoms with Gasteiger partial charge in [-0.25, -0.2) is 0 Å². The van der Waals surface area contributed by atoms with Gasteiger partial charge in [-0.05, 0) is 19.1 Å². The maximum atomic E-state index is 9.87. The van der Waals surface area contributed by atoms with Crippen molar-refractivity contribution in [3.05, 3.63) is 72.8 Å². The Hall–Kier alpha value is -1.75. The molecule has 3 aromatic rings. The molecular formula is C19H18F6FeNP-. The monoisotopic (exact) mass is 461 g/mol. The van der Waals surface area contributed by atoms with Gasteiger partial charge in [-0.3, -0.25) is 0 Å². The van der Waals surface area contributed by atoms with Crippen LogP contribution in [0.5, 0.6) is 0 Å². The number of hydrogen-bond donors (Lipinski definition) is 0. The second-order valence-corrected chi connectivity index (χ2v) is 8.59. The summed E-state index contributed by atoms with van der Waals surface area (Å²) in [6.45, 7) is 3.22. The van der Waals surface area contributed by atoms with Gasteiger partial charge in [-0.15, -0.1) is 0 Å². The van der Waals surface area contributed by atoms with Gasteiger partial charge in [0, 0.05) is 28.4 Å². The molecule has 1 aliphatic carbocycles. The fourth-order valence-corrected chi connectivity index (χ4v) is 2.99. The molecule has 1 aromatic heterocycles. The van der Waals surface area contributed by atoms with Crippen LogP contribution in [0.15, 0.2) is 72.8 Å². The molecule has 1 heterocycles. The zero-order valence-electron chi connectivity index (χ0n) is 14.7. The molecule has 0 unspecified atom stereocenters. The molecule has 1 aliphatic rings. The van der Waals surface area contributed by atoms with Crippen molar-refractivity contribution in [1.29, 1.82) is 0 Å². The van der Waals surface area contributed by atoms with Crippen molar-refractivity contribution in [3.8, 4) is 0 Å². The van der Waals surface area contributed by atoms with Crippen LogP contribution in [0.1, 0.15) is 6.92 Å². The molecule has 0 radical (unpaired) electrons. The van der Waals surface area contributed by atoms with E-state index in [0.717, 1.165) is 6.54 Å². The van der Waals surface area contributed by atoms with Crippen LogP contribution >= 0.6 is 7.81 Å². The zero-order valence-corrected chi connectivity index (χ0v) is 16.7. The summed E-state index contributed by atoms with van der Waals surface area (Å²) in [5.41, 5.74) is 2.67. The van der Waals surface area contributed by atoms with Crippen LogP contribution in [-0.4, -0.2) is 4.57 Å². The zero-order chi connectivity index (χ0) is 21.1. The number of halogens is 6. The van der Waals surface area contributed by atoms with E-state index in [1.807, 2.05) is 12.2 Å². The average molecular weight is 461 g/mol. The molecule has 155 valence electrons. The molecule has 0 saturated heterocycles. The Morgan fingerprint density at radius 3 is 1.43 bits per heavy atom. The summed E-state index contributed by atoms with van der Waals surface area (Å²) in [5, 5.41) is 2.71. The molecule has 0 atom stereocenters. The quantitative estimate of drug-likeness (QED) is 0.194. The van der Waals surface area contributed by atoms with Crippen LogP contribution in [0, 0.1) is 0 Å². The Kier molecular flexibility index (Phi) is 6.10. The number of hydrogen-bond acceptors (Lipinski definition) is 0. The standard InChI is InChI=1S/C14H13N.C5H5.F6P.Fe/c1-2-15-13-9-5-3-7-11(13)12-8-4-6-10-14(12)15;1-2-4-5-3-1;1-7(2,3,4,5)6;/h3-10H,2H2,1H3;1-5H;;/q;;-1;. The molecular weight excluding hydrogens is 443 g/mol. The van der Waals surface area contributed by atoms with Gasteiger partial charge in [-0.2, -0.15) is 0 Å². The van der Waals surface area contributed by atoms with Crippen molar-refractivity contribution < 1.29 is 41.2 Å². The Morgan fingerprint density at radius 1 is 0.786 bits per heavy atom. The minimum absolute atomic E-state index is 0.435. The van der Waals surface area contributed by atoms with Crippen LogP contribution in [0.4, 0.5) is 25.2 Å². The number of allylic oxidation sites excluding steroid dienone is 4. The van der Waals surface area contributed by atoms with E-state index in [2.05, 4.69) is 88.2 Å². The number of rotatable bonds is 1. The molecule has 0 bridgehead atoms. The van der Waals surface area contributed by atoms with Crippen LogP contribution in [-0.2, 0) is 22.6 Å². The number of para-hydroxylation sites is 2. The minimum atomic E-state index is -10.7. The number of aryl methyl sites for hydroxylation is 1. The van der Waals surface area contributed by atoms with Crippen molar-refractivity contribution in [2.24, 2.45) is 0 Å². The van der Waals surface area contributed by atoms with E-state index in [4.69, 9.17) is 0 Å². The Bertz CT molecular complexity index is 945. The number of fused-ring (bicyclic) bond motifs is 3. The summed E-state index contributed by atoms with van der Waals surface area (Å²) in [4.78, 5) is 0.435. The van der Waals surface area contributed by atoms with Crippen molar-refractivity contribution in [3.63, 3.8) is 0 Å². The summed E-state index contributed by atoms with van der Waals surface area (Å²) in [6, 6.07) is 17.2. The Balaban J connectivity index is 0.000000180. The summed E-state index contributed by atoms with van der Waals surface area (Å²) < 4.78 is 61.6. The molecule has 4 rings (SSSR count). The van der Waals surface area contributed by atoms with E-state index in [1.54, 1.807) is 0 Å². The summed E-state index contributed by atoms with van der Waals surface area (Å²) in [5.74, 6) is 0.